The van der Waals surface area contributed by atoms with E-state index >= 15 is 0 Å². The van der Waals surface area contributed by atoms with Crippen LogP contribution in [0, 0.1) is 5.82 Å². The molecule has 0 saturated carbocycles. The Bertz CT molecular complexity index is 1260. The van der Waals surface area contributed by atoms with Gasteiger partial charge in [-0.2, -0.15) is 4.98 Å². The van der Waals surface area contributed by atoms with Crippen molar-refractivity contribution >= 4 is 31.8 Å². The van der Waals surface area contributed by atoms with Gasteiger partial charge in [0.15, 0.2) is 5.82 Å². The minimum absolute atomic E-state index is 0.102. The summed E-state index contributed by atoms with van der Waals surface area (Å²) >= 11 is 0. The molecule has 1 aromatic heterocycles. The van der Waals surface area contributed by atoms with Gasteiger partial charge in [-0.3, -0.25) is 0 Å². The van der Waals surface area contributed by atoms with Crippen molar-refractivity contribution in [1.82, 2.24) is 15.0 Å². The third kappa shape index (κ3) is 6.51. The molecule has 0 spiro atoms. The lowest BCUT2D eigenvalue weighted by Crippen LogP contribution is -2.13. The van der Waals surface area contributed by atoms with Gasteiger partial charge < -0.3 is 14.6 Å². The summed E-state index contributed by atoms with van der Waals surface area (Å²) in [6.45, 7) is 0. The first-order valence-electron chi connectivity index (χ1n) is 8.96. The number of anilines is 2. The second kappa shape index (κ2) is 9.04. The number of nitrogens with zero attached hydrogens (tertiary/aromatic N) is 4. The zero-order valence-electron chi connectivity index (χ0n) is 17.0. The van der Waals surface area contributed by atoms with Crippen molar-refractivity contribution in [3.05, 3.63) is 60.2 Å². The van der Waals surface area contributed by atoms with Crippen LogP contribution in [0.4, 0.5) is 16.0 Å². The average Bonchev–Trinajstić information content (AvgIpc) is 2.66. The van der Waals surface area contributed by atoms with Crippen molar-refractivity contribution in [2.24, 2.45) is 3.77 Å². The smallest absolute Gasteiger partial charge is 0.256 e. The van der Waals surface area contributed by atoms with Gasteiger partial charge in [-0.25, -0.2) is 22.8 Å². The number of rotatable bonds is 7. The molecular formula is C19H22FN5O4S2. The van der Waals surface area contributed by atoms with Crippen LogP contribution in [0.25, 0.3) is 11.4 Å². The zero-order chi connectivity index (χ0) is 22.6. The maximum atomic E-state index is 13.5. The van der Waals surface area contributed by atoms with Gasteiger partial charge in [-0.1, -0.05) is 22.2 Å². The Kier molecular flexibility index (Phi) is 6.62. The van der Waals surface area contributed by atoms with E-state index in [0.717, 1.165) is 6.26 Å². The topological polar surface area (TPSA) is 127 Å². The second-order valence-electron chi connectivity index (χ2n) is 6.86. The molecule has 0 atom stereocenters. The molecule has 0 fully saturated rings. The molecule has 3 aromatic rings. The largest absolute Gasteiger partial charge is 0.496 e. The van der Waals surface area contributed by atoms with Crippen LogP contribution in [0.2, 0.25) is 0 Å². The van der Waals surface area contributed by atoms with Crippen molar-refractivity contribution in [2.45, 2.75) is 5.75 Å². The molecule has 9 nitrogen and oxygen atoms in total. The van der Waals surface area contributed by atoms with E-state index in [0.29, 0.717) is 28.4 Å². The first kappa shape index (κ1) is 22.7. The molecular weight excluding hydrogens is 445 g/mol. The van der Waals surface area contributed by atoms with Crippen LogP contribution in [0.15, 0.2) is 52.6 Å². The summed E-state index contributed by atoms with van der Waals surface area (Å²) in [5.74, 6) is 0.499. The first-order chi connectivity index (χ1) is 14.5. The number of hydrogen-bond donors (Lipinski definition) is 3. The maximum absolute atomic E-state index is 13.5. The van der Waals surface area contributed by atoms with Crippen LogP contribution in [-0.2, 0) is 25.9 Å². The molecule has 0 aliphatic heterocycles. The predicted molar refractivity (Wildman–Crippen MR) is 120 cm³/mol. The van der Waals surface area contributed by atoms with Gasteiger partial charge in [0.2, 0.25) is 5.95 Å². The van der Waals surface area contributed by atoms with Gasteiger partial charge in [-0.05, 0) is 36.1 Å². The Labute approximate surface area is 180 Å². The molecule has 0 aliphatic rings. The molecule has 0 radical (unpaired) electrons. The lowest BCUT2D eigenvalue weighted by molar-refractivity contribution is 0.412. The lowest BCUT2D eigenvalue weighted by Gasteiger charge is -2.18. The zero-order valence-corrected chi connectivity index (χ0v) is 18.7. The number of sulfonamides is 1. The number of hydrogen-bond acceptors (Lipinski definition) is 7. The van der Waals surface area contributed by atoms with Crippen molar-refractivity contribution in [3.8, 4) is 17.1 Å². The van der Waals surface area contributed by atoms with E-state index in [-0.39, 0.29) is 11.7 Å². The van der Waals surface area contributed by atoms with E-state index in [9.17, 15) is 17.4 Å². The Morgan fingerprint density at radius 2 is 2.00 bits per heavy atom. The van der Waals surface area contributed by atoms with Crippen molar-refractivity contribution < 1.29 is 22.1 Å². The van der Waals surface area contributed by atoms with E-state index < -0.39 is 25.9 Å². The monoisotopic (exact) mass is 467 g/mol. The number of methoxy groups -OCH3 is 1. The minimum atomic E-state index is -3.65. The quantitative estimate of drug-likeness (QED) is 0.453. The minimum Gasteiger partial charge on any atom is -0.496 e. The van der Waals surface area contributed by atoms with Gasteiger partial charge in [0, 0.05) is 17.5 Å². The van der Waals surface area contributed by atoms with Crippen molar-refractivity contribution in [3.63, 3.8) is 0 Å². The van der Waals surface area contributed by atoms with Gasteiger partial charge in [-0.15, -0.1) is 3.77 Å². The molecule has 0 bridgehead atoms. The van der Waals surface area contributed by atoms with Crippen LogP contribution in [0.5, 0.6) is 5.75 Å². The number of ether oxygens (including phenoxy) is 1. The molecule has 12 heteroatoms. The standard InChI is InChI=1S/C19H22FN5O4S2/c1-29-17-10-14(20)7-8-16(17)18-21-12-22-19(24-18)23-15-6-4-5-13(9-15)11-30(2,26)25-31(3,27)28/h4-10,12,30H,11H2,1-3H3,(H,25,26)(H,21,22,23,24). The number of halogens is 1. The average molecular weight is 468 g/mol. The first-order valence-corrected chi connectivity index (χ1v) is 13.1. The predicted octanol–water partition coefficient (Wildman–Crippen LogP) is 3.06. The van der Waals surface area contributed by atoms with E-state index in [4.69, 9.17) is 4.74 Å². The Morgan fingerprint density at radius 1 is 1.23 bits per heavy atom. The highest BCUT2D eigenvalue weighted by atomic mass is 32.3. The van der Waals surface area contributed by atoms with Gasteiger partial charge in [0.25, 0.3) is 10.0 Å². The second-order valence-corrected chi connectivity index (χ2v) is 11.5. The summed E-state index contributed by atoms with van der Waals surface area (Å²) in [4.78, 5) is 12.6. The van der Waals surface area contributed by atoms with Crippen LogP contribution >= 0.6 is 0 Å². The fourth-order valence-electron chi connectivity index (χ4n) is 2.91. The number of benzene rings is 2. The van der Waals surface area contributed by atoms with Crippen LogP contribution < -0.4 is 10.1 Å². The van der Waals surface area contributed by atoms with Gasteiger partial charge >= 0.3 is 0 Å². The summed E-state index contributed by atoms with van der Waals surface area (Å²) in [7, 11) is -5.25. The summed E-state index contributed by atoms with van der Waals surface area (Å²) in [5.41, 5.74) is 1.83. The normalized spacial score (nSPS) is 12.3. The van der Waals surface area contributed by atoms with Crippen molar-refractivity contribution in [1.29, 1.82) is 0 Å². The summed E-state index contributed by atoms with van der Waals surface area (Å²) in [5, 5.41) is 3.04. The van der Waals surface area contributed by atoms with Crippen LogP contribution in [0.1, 0.15) is 5.56 Å². The number of nitrogens with one attached hydrogen (secondary N) is 1. The highest BCUT2D eigenvalue weighted by Crippen LogP contribution is 2.28. The van der Waals surface area contributed by atoms with Crippen LogP contribution in [0.3, 0.4) is 0 Å². The molecule has 0 saturated heterocycles. The highest BCUT2D eigenvalue weighted by molar-refractivity contribution is 8.06. The van der Waals surface area contributed by atoms with Crippen LogP contribution in [-0.4, -0.2) is 47.5 Å². The van der Waals surface area contributed by atoms with Gasteiger partial charge in [0.1, 0.15) is 17.9 Å². The van der Waals surface area contributed by atoms with E-state index in [1.807, 2.05) is 0 Å². The molecule has 0 unspecified atom stereocenters. The van der Waals surface area contributed by atoms with E-state index in [1.165, 1.54) is 37.9 Å². The van der Waals surface area contributed by atoms with Crippen molar-refractivity contribution in [2.75, 3.05) is 24.9 Å². The number of aromatic nitrogens is 3. The molecule has 3 rings (SSSR count). The number of thiol groups is 1. The highest BCUT2D eigenvalue weighted by Gasteiger charge is 2.12. The SMILES string of the molecule is COc1cc(F)ccc1-c1ncnc(Nc2cccc(C[SH](C)(O)=NS(C)(=O)=O)c2)n1. The molecule has 1 heterocycles. The van der Waals surface area contributed by atoms with E-state index in [1.54, 1.807) is 24.3 Å². The Morgan fingerprint density at radius 3 is 2.71 bits per heavy atom. The molecule has 0 amide bonds. The molecule has 2 N–H and O–H groups in total. The molecule has 31 heavy (non-hydrogen) atoms. The maximum Gasteiger partial charge on any atom is 0.256 e. The molecule has 0 aliphatic carbocycles. The fraction of sp³-hybridized carbons (Fsp3) is 0.211. The van der Waals surface area contributed by atoms with Gasteiger partial charge in [0.05, 0.1) is 18.9 Å². The Hall–Kier alpha value is -2.96. The summed E-state index contributed by atoms with van der Waals surface area (Å²) < 4.78 is 55.4. The third-order valence-corrected chi connectivity index (χ3v) is 7.52. The molecule has 2 aromatic carbocycles. The molecule has 166 valence electrons. The summed E-state index contributed by atoms with van der Waals surface area (Å²) in [6.07, 6.45) is 3.70. The Balaban J connectivity index is 1.86. The lowest BCUT2D eigenvalue weighted by atomic mass is 10.2. The van der Waals surface area contributed by atoms with E-state index in [2.05, 4.69) is 24.0 Å². The fourth-order valence-corrected chi connectivity index (χ4v) is 6.58. The summed E-state index contributed by atoms with van der Waals surface area (Å²) in [6, 6.07) is 11.1. The third-order valence-electron chi connectivity index (χ3n) is 3.97.